The Balaban J connectivity index is 2.00. The Labute approximate surface area is 122 Å². The molecule has 0 radical (unpaired) electrons. The number of nitrogens with two attached hydrogens (primary N) is 1. The van der Waals surface area contributed by atoms with Crippen LogP contribution in [-0.4, -0.2) is 27.0 Å². The second kappa shape index (κ2) is 6.50. The zero-order chi connectivity index (χ0) is 15.5. The van der Waals surface area contributed by atoms with Gasteiger partial charge in [-0.25, -0.2) is 17.9 Å². The van der Waals surface area contributed by atoms with Gasteiger partial charge < -0.3 is 10.1 Å². The third-order valence-electron chi connectivity index (χ3n) is 3.23. The van der Waals surface area contributed by atoms with Crippen LogP contribution in [-0.2, 0) is 19.6 Å². The Morgan fingerprint density at radius 3 is 2.76 bits per heavy atom. The number of benzene rings is 1. The van der Waals surface area contributed by atoms with Gasteiger partial charge in [0.25, 0.3) is 0 Å². The lowest BCUT2D eigenvalue weighted by atomic mass is 10.1. The number of primary sulfonamides is 1. The molecular weight excluding hydrogens is 299 g/mol. The van der Waals surface area contributed by atoms with Crippen molar-refractivity contribution in [3.63, 3.8) is 0 Å². The van der Waals surface area contributed by atoms with Crippen molar-refractivity contribution in [1.82, 2.24) is 0 Å². The van der Waals surface area contributed by atoms with Crippen molar-refractivity contribution in [3.8, 4) is 0 Å². The van der Waals surface area contributed by atoms with E-state index in [2.05, 4.69) is 5.32 Å². The number of halogens is 1. The first-order chi connectivity index (χ1) is 9.86. The van der Waals surface area contributed by atoms with Gasteiger partial charge in [-0.1, -0.05) is 0 Å². The molecule has 1 aliphatic heterocycles. The highest BCUT2D eigenvalue weighted by Crippen LogP contribution is 2.20. The molecule has 0 bridgehead atoms. The fourth-order valence-corrected chi connectivity index (χ4v) is 2.68. The van der Waals surface area contributed by atoms with Crippen LogP contribution >= 0.6 is 0 Å². The number of anilines is 1. The van der Waals surface area contributed by atoms with Gasteiger partial charge in [-0.2, -0.15) is 0 Å². The van der Waals surface area contributed by atoms with E-state index in [1.807, 2.05) is 0 Å². The van der Waals surface area contributed by atoms with Crippen LogP contribution in [0.25, 0.3) is 0 Å². The van der Waals surface area contributed by atoms with Gasteiger partial charge >= 0.3 is 0 Å². The third kappa shape index (κ3) is 4.48. The minimum atomic E-state index is -3.97. The summed E-state index contributed by atoms with van der Waals surface area (Å²) >= 11 is 0. The minimum Gasteiger partial charge on any atom is -0.378 e. The summed E-state index contributed by atoms with van der Waals surface area (Å²) in [7, 11) is -3.97. The van der Waals surface area contributed by atoms with Gasteiger partial charge in [-0.05, 0) is 37.5 Å². The quantitative estimate of drug-likeness (QED) is 0.876. The summed E-state index contributed by atoms with van der Waals surface area (Å²) in [6, 6.07) is 3.10. The largest absolute Gasteiger partial charge is 0.378 e. The van der Waals surface area contributed by atoms with Crippen molar-refractivity contribution < 1.29 is 22.3 Å². The smallest absolute Gasteiger partial charge is 0.238 e. The Bertz CT molecular complexity index is 627. The number of sulfonamides is 1. The first-order valence-corrected chi connectivity index (χ1v) is 8.15. The van der Waals surface area contributed by atoms with Crippen LogP contribution in [0.1, 0.15) is 25.7 Å². The van der Waals surface area contributed by atoms with E-state index in [0.717, 1.165) is 31.4 Å². The lowest BCUT2D eigenvalue weighted by Gasteiger charge is -2.22. The highest BCUT2D eigenvalue weighted by atomic mass is 32.2. The highest BCUT2D eigenvalue weighted by Gasteiger charge is 2.19. The van der Waals surface area contributed by atoms with Gasteiger partial charge in [-0.15, -0.1) is 0 Å². The molecule has 1 heterocycles. The number of hydrogen-bond donors (Lipinski definition) is 2. The lowest BCUT2D eigenvalue weighted by Crippen LogP contribution is -2.25. The number of nitrogens with one attached hydrogen (secondary N) is 1. The van der Waals surface area contributed by atoms with Gasteiger partial charge in [0.1, 0.15) is 5.82 Å². The van der Waals surface area contributed by atoms with E-state index in [1.165, 1.54) is 6.07 Å². The van der Waals surface area contributed by atoms with Crippen molar-refractivity contribution in [2.24, 2.45) is 5.14 Å². The predicted molar refractivity (Wildman–Crippen MR) is 74.6 cm³/mol. The average Bonchev–Trinajstić information content (AvgIpc) is 2.41. The highest BCUT2D eigenvalue weighted by molar-refractivity contribution is 7.89. The number of rotatable bonds is 4. The maximum atomic E-state index is 13.8. The molecule has 3 N–H and O–H groups in total. The number of amides is 1. The zero-order valence-electron chi connectivity index (χ0n) is 11.3. The number of carbonyl (C=O) groups is 1. The minimum absolute atomic E-state index is 0.0804. The molecule has 8 heteroatoms. The molecule has 1 fully saturated rings. The van der Waals surface area contributed by atoms with Gasteiger partial charge in [0, 0.05) is 6.61 Å². The monoisotopic (exact) mass is 316 g/mol. The first-order valence-electron chi connectivity index (χ1n) is 6.60. The Morgan fingerprint density at radius 1 is 1.43 bits per heavy atom. The van der Waals surface area contributed by atoms with Crippen molar-refractivity contribution in [2.75, 3.05) is 11.9 Å². The van der Waals surface area contributed by atoms with Crippen LogP contribution in [0.4, 0.5) is 10.1 Å². The van der Waals surface area contributed by atoms with Crippen molar-refractivity contribution in [1.29, 1.82) is 0 Å². The SMILES string of the molecule is NS(=O)(=O)c1ccc(NC(=O)CC2CCCCO2)c(F)c1. The number of ether oxygens (including phenoxy) is 1. The van der Waals surface area contributed by atoms with Crippen molar-refractivity contribution in [2.45, 2.75) is 36.7 Å². The maximum absolute atomic E-state index is 13.8. The number of hydrogen-bond acceptors (Lipinski definition) is 4. The zero-order valence-corrected chi connectivity index (χ0v) is 12.2. The number of carbonyl (C=O) groups excluding carboxylic acids is 1. The van der Waals surface area contributed by atoms with Crippen molar-refractivity contribution >= 4 is 21.6 Å². The summed E-state index contributed by atoms with van der Waals surface area (Å²) in [5.41, 5.74) is -0.0804. The van der Waals surface area contributed by atoms with Gasteiger partial charge in [-0.3, -0.25) is 4.79 Å². The summed E-state index contributed by atoms with van der Waals surface area (Å²) in [6.07, 6.45) is 2.80. The molecule has 1 atom stereocenters. The van der Waals surface area contributed by atoms with Gasteiger partial charge in [0.05, 0.1) is 23.1 Å². The Kier molecular flexibility index (Phi) is 4.92. The summed E-state index contributed by atoms with van der Waals surface area (Å²) in [4.78, 5) is 11.5. The van der Waals surface area contributed by atoms with Gasteiger partial charge in [0.15, 0.2) is 0 Å². The summed E-state index contributed by atoms with van der Waals surface area (Å²) < 4.78 is 41.4. The van der Waals surface area contributed by atoms with E-state index < -0.39 is 15.8 Å². The molecule has 0 spiro atoms. The van der Waals surface area contributed by atoms with Crippen LogP contribution in [0.2, 0.25) is 0 Å². The molecule has 1 amide bonds. The lowest BCUT2D eigenvalue weighted by molar-refractivity contribution is -0.119. The molecule has 6 nitrogen and oxygen atoms in total. The molecule has 1 aliphatic rings. The van der Waals surface area contributed by atoms with Gasteiger partial charge in [0.2, 0.25) is 15.9 Å². The maximum Gasteiger partial charge on any atom is 0.238 e. The second-order valence-corrected chi connectivity index (χ2v) is 6.49. The molecule has 0 aromatic heterocycles. The second-order valence-electron chi connectivity index (χ2n) is 4.93. The molecular formula is C13H17FN2O4S. The van der Waals surface area contributed by atoms with Crippen LogP contribution in [0, 0.1) is 5.82 Å². The summed E-state index contributed by atoms with van der Waals surface area (Å²) in [6.45, 7) is 0.634. The topological polar surface area (TPSA) is 98.5 Å². The fraction of sp³-hybridized carbons (Fsp3) is 0.462. The third-order valence-corrected chi connectivity index (χ3v) is 4.14. The molecule has 0 aliphatic carbocycles. The van der Waals surface area contributed by atoms with Crippen LogP contribution in [0.5, 0.6) is 0 Å². The first kappa shape index (κ1) is 15.9. The molecule has 1 aromatic carbocycles. The predicted octanol–water partition coefficient (Wildman–Crippen LogP) is 1.37. The van der Waals surface area contributed by atoms with Crippen molar-refractivity contribution in [3.05, 3.63) is 24.0 Å². The van der Waals surface area contributed by atoms with E-state index in [1.54, 1.807) is 0 Å². The molecule has 1 unspecified atom stereocenters. The molecule has 0 saturated carbocycles. The summed E-state index contributed by atoms with van der Waals surface area (Å²) in [5.74, 6) is -1.22. The molecule has 116 valence electrons. The van der Waals surface area contributed by atoms with Crippen LogP contribution in [0.15, 0.2) is 23.1 Å². The molecule has 2 rings (SSSR count). The average molecular weight is 316 g/mol. The fourth-order valence-electron chi connectivity index (χ4n) is 2.15. The Hall–Kier alpha value is -1.51. The van der Waals surface area contributed by atoms with Crippen LogP contribution in [0.3, 0.4) is 0 Å². The van der Waals surface area contributed by atoms with E-state index in [9.17, 15) is 17.6 Å². The molecule has 1 aromatic rings. The van der Waals surface area contributed by atoms with E-state index in [-0.39, 0.29) is 29.0 Å². The normalized spacial score (nSPS) is 19.2. The van der Waals surface area contributed by atoms with E-state index in [4.69, 9.17) is 9.88 Å². The van der Waals surface area contributed by atoms with E-state index >= 15 is 0 Å². The summed E-state index contributed by atoms with van der Waals surface area (Å²) in [5, 5.41) is 7.31. The van der Waals surface area contributed by atoms with E-state index in [0.29, 0.717) is 6.61 Å². The molecule has 1 saturated heterocycles. The van der Waals surface area contributed by atoms with Crippen LogP contribution < -0.4 is 10.5 Å². The standard InChI is InChI=1S/C13H17FN2O4S/c14-11-8-10(21(15,18)19)4-5-12(11)16-13(17)7-9-3-1-2-6-20-9/h4-5,8-9H,1-3,6-7H2,(H,16,17)(H2,15,18,19). The Morgan fingerprint density at radius 2 is 2.19 bits per heavy atom. The molecule has 21 heavy (non-hydrogen) atoms.